The third-order valence-corrected chi connectivity index (χ3v) is 7.55. The Balaban J connectivity index is 2.13. The van der Waals surface area contributed by atoms with Gasteiger partial charge in [0, 0.05) is 0 Å². The van der Waals surface area contributed by atoms with Crippen LogP contribution in [0.4, 0.5) is 0 Å². The fraction of sp³-hybridized carbons (Fsp3) is 1.00. The zero-order valence-electron chi connectivity index (χ0n) is 6.15. The summed E-state index contributed by atoms with van der Waals surface area (Å²) >= 11 is -1.89. The van der Waals surface area contributed by atoms with Crippen LogP contribution in [0.5, 0.6) is 0 Å². The quantitative estimate of drug-likeness (QED) is 0.727. The van der Waals surface area contributed by atoms with E-state index in [1.54, 1.807) is 0 Å². The van der Waals surface area contributed by atoms with Gasteiger partial charge in [-0.05, 0) is 0 Å². The van der Waals surface area contributed by atoms with E-state index in [1.165, 1.54) is 36.3 Å². The molecule has 0 aromatic carbocycles. The van der Waals surface area contributed by atoms with Gasteiger partial charge in [-0.25, -0.2) is 0 Å². The van der Waals surface area contributed by atoms with Crippen LogP contribution in [-0.4, -0.2) is 19.1 Å². The molecule has 0 heterocycles. The van der Waals surface area contributed by atoms with Crippen molar-refractivity contribution in [3.05, 3.63) is 0 Å². The predicted octanol–water partition coefficient (Wildman–Crippen LogP) is 3.53. The molecule has 0 spiro atoms. The van der Waals surface area contributed by atoms with Crippen LogP contribution in [0.2, 0.25) is 4.18 Å². The Morgan fingerprint density at radius 2 is 1.70 bits per heavy atom. The minimum absolute atomic E-state index is 0.907. The third-order valence-electron chi connectivity index (χ3n) is 2.24. The van der Waals surface area contributed by atoms with Crippen molar-refractivity contribution >= 4 is 36.2 Å². The first-order chi connectivity index (χ1) is 4.79. The molecular weight excluding hydrogens is 270 g/mol. The zero-order chi connectivity index (χ0) is 7.40. The van der Waals surface area contributed by atoms with Crippen LogP contribution < -0.4 is 0 Å². The van der Waals surface area contributed by atoms with Gasteiger partial charge in [0.05, 0.1) is 0 Å². The average molecular weight is 283 g/mol. The number of hydrogen-bond acceptors (Lipinski definition) is 0. The molecule has 1 saturated carbocycles. The van der Waals surface area contributed by atoms with E-state index in [0.29, 0.717) is 0 Å². The topological polar surface area (TPSA) is 0 Å². The number of hydrogen-bond donors (Lipinski definition) is 0. The van der Waals surface area contributed by atoms with Gasteiger partial charge in [-0.3, -0.25) is 0 Å². The summed E-state index contributed by atoms with van der Waals surface area (Å²) in [5.41, 5.74) is 0. The summed E-state index contributed by atoms with van der Waals surface area (Å²) in [6.07, 6.45) is 7.05. The van der Waals surface area contributed by atoms with Crippen molar-refractivity contribution in [2.24, 2.45) is 5.92 Å². The number of halogens is 2. The minimum atomic E-state index is -1.89. The molecule has 0 saturated heterocycles. The molecule has 0 bridgehead atoms. The Labute approximate surface area is 78.0 Å². The van der Waals surface area contributed by atoms with Gasteiger partial charge in [-0.2, -0.15) is 0 Å². The predicted molar refractivity (Wildman–Crippen MR) is 48.8 cm³/mol. The summed E-state index contributed by atoms with van der Waals surface area (Å²) in [5.74, 6) is 0.907. The maximum absolute atomic E-state index is 5.89. The van der Waals surface area contributed by atoms with Gasteiger partial charge in [0.1, 0.15) is 0 Å². The molecule has 1 fully saturated rings. The molecule has 1 rings (SSSR count). The second kappa shape index (κ2) is 5.16. The first-order valence-electron chi connectivity index (χ1n) is 4.07. The van der Waals surface area contributed by atoms with Crippen LogP contribution in [-0.2, 0) is 0 Å². The third kappa shape index (κ3) is 3.73. The monoisotopic (exact) mass is 282 g/mol. The molecule has 0 atom stereocenters. The van der Waals surface area contributed by atoms with Gasteiger partial charge in [0.15, 0.2) is 0 Å². The zero-order valence-corrected chi connectivity index (χ0v) is 11.0. The van der Waals surface area contributed by atoms with E-state index in [2.05, 4.69) is 0 Å². The first kappa shape index (κ1) is 9.54. The van der Waals surface area contributed by atoms with Crippen LogP contribution in [0.25, 0.3) is 0 Å². The van der Waals surface area contributed by atoms with Gasteiger partial charge in [-0.1, -0.05) is 0 Å². The normalized spacial score (nSPS) is 21.0. The number of rotatable bonds is 2. The average Bonchev–Trinajstić information content (AvgIpc) is 1.88. The Kier molecular flexibility index (Phi) is 4.92. The molecule has 0 radical (unpaired) electrons. The van der Waals surface area contributed by atoms with E-state index in [0.717, 1.165) is 5.92 Å². The molecular formula is C7H13Cl2In. The summed E-state index contributed by atoms with van der Waals surface area (Å²) in [6.45, 7) is 0. The van der Waals surface area contributed by atoms with E-state index in [1.807, 2.05) is 0 Å². The van der Waals surface area contributed by atoms with Crippen LogP contribution in [0.15, 0.2) is 0 Å². The SMILES string of the molecule is [Cl][In]([Cl])[CH2]C1CCCCC1. The molecule has 0 aromatic rings. The van der Waals surface area contributed by atoms with E-state index >= 15 is 0 Å². The van der Waals surface area contributed by atoms with Crippen molar-refractivity contribution in [3.63, 3.8) is 0 Å². The van der Waals surface area contributed by atoms with E-state index in [4.69, 9.17) is 17.2 Å². The van der Waals surface area contributed by atoms with Crippen molar-refractivity contribution in [2.75, 3.05) is 0 Å². The Morgan fingerprint density at radius 1 is 1.10 bits per heavy atom. The van der Waals surface area contributed by atoms with Crippen molar-refractivity contribution in [3.8, 4) is 0 Å². The summed E-state index contributed by atoms with van der Waals surface area (Å²) in [6, 6.07) is 0. The molecule has 0 aromatic heterocycles. The summed E-state index contributed by atoms with van der Waals surface area (Å²) in [7, 11) is 11.8. The van der Waals surface area contributed by atoms with Crippen LogP contribution in [0.3, 0.4) is 0 Å². The molecule has 0 unspecified atom stereocenters. The molecule has 3 heteroatoms. The van der Waals surface area contributed by atoms with Crippen molar-refractivity contribution in [2.45, 2.75) is 36.3 Å². The molecule has 1 aliphatic rings. The summed E-state index contributed by atoms with van der Waals surface area (Å²) < 4.78 is 1.21. The maximum atomic E-state index is 5.89. The molecule has 10 heavy (non-hydrogen) atoms. The molecule has 0 aliphatic heterocycles. The van der Waals surface area contributed by atoms with Gasteiger partial charge >= 0.3 is 78.4 Å². The molecule has 58 valence electrons. The second-order valence-corrected chi connectivity index (χ2v) is 15.3. The van der Waals surface area contributed by atoms with E-state index < -0.39 is 19.1 Å². The summed E-state index contributed by atoms with van der Waals surface area (Å²) in [5, 5.41) is 0. The van der Waals surface area contributed by atoms with Crippen molar-refractivity contribution in [1.29, 1.82) is 0 Å². The standard InChI is InChI=1S/C7H13.2ClH.In/c1-7-5-3-2-4-6-7;;;/h7H,1-6H2;2*1H;/q;;;+2/p-2. The fourth-order valence-corrected chi connectivity index (χ4v) is 7.84. The molecule has 0 nitrogen and oxygen atoms in total. The van der Waals surface area contributed by atoms with Gasteiger partial charge in [0.2, 0.25) is 0 Å². The second-order valence-electron chi connectivity index (χ2n) is 3.13. The molecule has 0 N–H and O–H groups in total. The Hall–Kier alpha value is 1.45. The van der Waals surface area contributed by atoms with Crippen molar-refractivity contribution < 1.29 is 0 Å². The molecule has 1 aliphatic carbocycles. The molecule has 0 amide bonds. The van der Waals surface area contributed by atoms with Crippen LogP contribution >= 0.6 is 17.2 Å². The van der Waals surface area contributed by atoms with Crippen molar-refractivity contribution in [1.82, 2.24) is 0 Å². The van der Waals surface area contributed by atoms with Crippen LogP contribution in [0, 0.1) is 5.92 Å². The van der Waals surface area contributed by atoms with Gasteiger partial charge in [-0.15, -0.1) is 0 Å². The van der Waals surface area contributed by atoms with Gasteiger partial charge < -0.3 is 0 Å². The van der Waals surface area contributed by atoms with E-state index in [-0.39, 0.29) is 0 Å². The first-order valence-corrected chi connectivity index (χ1v) is 14.7. The fourth-order valence-electron chi connectivity index (χ4n) is 1.67. The Morgan fingerprint density at radius 3 is 2.20 bits per heavy atom. The van der Waals surface area contributed by atoms with Crippen LogP contribution in [0.1, 0.15) is 32.1 Å². The Bertz CT molecular complexity index is 89.6. The van der Waals surface area contributed by atoms with Gasteiger partial charge in [0.25, 0.3) is 0 Å². The summed E-state index contributed by atoms with van der Waals surface area (Å²) in [4.78, 5) is 0. The van der Waals surface area contributed by atoms with E-state index in [9.17, 15) is 0 Å².